The molecule has 33 heavy (non-hydrogen) atoms. The molecule has 1 N–H and O–H groups in total. The van der Waals surface area contributed by atoms with E-state index in [-0.39, 0.29) is 5.75 Å². The molecular weight excluding hydrogens is 444 g/mol. The molecular formula is C23H24N4O5S. The van der Waals surface area contributed by atoms with E-state index in [1.807, 2.05) is 24.3 Å². The number of methoxy groups -OCH3 is 1. The largest absolute Gasteiger partial charge is 0.504 e. The number of aromatic hydroxyl groups is 1. The molecule has 10 heteroatoms. The number of sulfonamides is 1. The van der Waals surface area contributed by atoms with E-state index >= 15 is 0 Å². The Kier molecular flexibility index (Phi) is 5.43. The molecule has 3 heterocycles. The van der Waals surface area contributed by atoms with Gasteiger partial charge in [-0.1, -0.05) is 18.2 Å². The molecule has 1 aromatic heterocycles. The van der Waals surface area contributed by atoms with Crippen molar-refractivity contribution in [2.75, 3.05) is 39.5 Å². The van der Waals surface area contributed by atoms with Crippen molar-refractivity contribution >= 4 is 38.5 Å². The molecule has 1 saturated heterocycles. The van der Waals surface area contributed by atoms with Gasteiger partial charge in [0.1, 0.15) is 11.3 Å². The molecule has 0 atom stereocenters. The van der Waals surface area contributed by atoms with Crippen LogP contribution in [0, 0.1) is 0 Å². The lowest BCUT2D eigenvalue weighted by atomic mass is 10.1. The lowest BCUT2D eigenvalue weighted by Gasteiger charge is -2.33. The summed E-state index contributed by atoms with van der Waals surface area (Å²) in [7, 11) is -1.61. The van der Waals surface area contributed by atoms with Gasteiger partial charge < -0.3 is 14.3 Å². The van der Waals surface area contributed by atoms with Crippen molar-refractivity contribution in [3.8, 4) is 11.5 Å². The van der Waals surface area contributed by atoms with Gasteiger partial charge in [0.2, 0.25) is 10.0 Å². The Bertz CT molecular complexity index is 1390. The molecule has 2 aromatic carbocycles. The summed E-state index contributed by atoms with van der Waals surface area (Å²) in [4.78, 5) is 2.15. The van der Waals surface area contributed by atoms with Gasteiger partial charge in [-0.2, -0.15) is 4.31 Å². The van der Waals surface area contributed by atoms with E-state index in [4.69, 9.17) is 9.15 Å². The van der Waals surface area contributed by atoms with E-state index in [1.54, 1.807) is 25.3 Å². The normalized spacial score (nSPS) is 18.3. The second-order valence-electron chi connectivity index (χ2n) is 8.12. The van der Waals surface area contributed by atoms with E-state index in [2.05, 4.69) is 15.1 Å². The predicted octanol–water partition coefficient (Wildman–Crippen LogP) is 3.82. The molecule has 0 saturated carbocycles. The maximum atomic E-state index is 11.8. The second kappa shape index (κ2) is 8.29. The van der Waals surface area contributed by atoms with E-state index in [1.165, 1.54) is 10.6 Å². The highest BCUT2D eigenvalue weighted by atomic mass is 32.2. The zero-order valence-corrected chi connectivity index (χ0v) is 19.2. The van der Waals surface area contributed by atoms with Gasteiger partial charge in [0.05, 0.1) is 35.7 Å². The minimum atomic E-state index is -3.20. The summed E-state index contributed by atoms with van der Waals surface area (Å²) in [5.41, 5.74) is 3.60. The van der Waals surface area contributed by atoms with Crippen molar-refractivity contribution in [2.45, 2.75) is 6.54 Å². The van der Waals surface area contributed by atoms with Gasteiger partial charge in [-0.05, 0) is 18.2 Å². The van der Waals surface area contributed by atoms with Gasteiger partial charge >= 0.3 is 0 Å². The Labute approximate surface area is 191 Å². The Balaban J connectivity index is 1.49. The Morgan fingerprint density at radius 2 is 1.88 bits per heavy atom. The first-order valence-electron chi connectivity index (χ1n) is 10.6. The van der Waals surface area contributed by atoms with Crippen molar-refractivity contribution in [2.24, 2.45) is 10.2 Å². The molecule has 0 radical (unpaired) electrons. The first-order chi connectivity index (χ1) is 15.8. The fourth-order valence-corrected chi connectivity index (χ4v) is 5.08. The third kappa shape index (κ3) is 4.01. The topological polar surface area (TPSA) is 108 Å². The standard InChI is InChI=1S/C23H24N4O5S/c1-31-20-8-7-16-22(28)21(13-19-15-5-3-4-6-18(15)24-25-19)32-23(16)17(20)14-26-9-11-27(12-10-26)33(2,29)30/h3-8,13,28H,9-12,14H2,1-2H3. The smallest absolute Gasteiger partial charge is 0.211 e. The molecule has 5 rings (SSSR count). The van der Waals surface area contributed by atoms with Crippen LogP contribution in [-0.4, -0.2) is 62.3 Å². The fourth-order valence-electron chi connectivity index (χ4n) is 4.26. The number of piperazine rings is 1. The van der Waals surface area contributed by atoms with E-state index in [0.29, 0.717) is 60.9 Å². The van der Waals surface area contributed by atoms with Gasteiger partial charge in [-0.25, -0.2) is 8.42 Å². The lowest BCUT2D eigenvalue weighted by molar-refractivity contribution is 0.180. The zero-order valence-electron chi connectivity index (χ0n) is 18.4. The fraction of sp³-hybridized carbons (Fsp3) is 0.304. The highest BCUT2D eigenvalue weighted by Crippen LogP contribution is 2.42. The number of benzene rings is 2. The molecule has 0 unspecified atom stereocenters. The molecule has 2 aliphatic heterocycles. The van der Waals surface area contributed by atoms with Crippen LogP contribution in [0.3, 0.4) is 0 Å². The SMILES string of the molecule is COc1ccc2c(O)c(C=C3N=Nc4ccccc43)oc2c1CN1CCN(S(C)(=O)=O)CC1. The molecule has 0 aliphatic carbocycles. The van der Waals surface area contributed by atoms with Crippen LogP contribution in [0.25, 0.3) is 22.7 Å². The number of fused-ring (bicyclic) bond motifs is 2. The number of ether oxygens (including phenoxy) is 1. The van der Waals surface area contributed by atoms with Gasteiger partial charge in [-0.3, -0.25) is 4.90 Å². The van der Waals surface area contributed by atoms with Crippen LogP contribution in [0.4, 0.5) is 5.69 Å². The minimum Gasteiger partial charge on any atom is -0.504 e. The van der Waals surface area contributed by atoms with Crippen LogP contribution in [0.1, 0.15) is 16.9 Å². The average Bonchev–Trinajstić information content (AvgIpc) is 3.35. The molecule has 3 aromatic rings. The summed E-state index contributed by atoms with van der Waals surface area (Å²) >= 11 is 0. The summed E-state index contributed by atoms with van der Waals surface area (Å²) in [6.45, 7) is 2.55. The van der Waals surface area contributed by atoms with Crippen LogP contribution in [-0.2, 0) is 16.6 Å². The van der Waals surface area contributed by atoms with Crippen molar-refractivity contribution in [1.82, 2.24) is 9.21 Å². The van der Waals surface area contributed by atoms with Crippen LogP contribution < -0.4 is 4.74 Å². The highest BCUT2D eigenvalue weighted by Gasteiger charge is 2.26. The van der Waals surface area contributed by atoms with Crippen molar-refractivity contribution in [3.63, 3.8) is 0 Å². The first-order valence-corrected chi connectivity index (χ1v) is 12.4. The van der Waals surface area contributed by atoms with E-state index < -0.39 is 10.0 Å². The minimum absolute atomic E-state index is 0.0304. The van der Waals surface area contributed by atoms with E-state index in [0.717, 1.165) is 16.8 Å². The third-order valence-corrected chi connectivity index (χ3v) is 7.34. The molecule has 0 spiro atoms. The molecule has 0 bridgehead atoms. The monoisotopic (exact) mass is 468 g/mol. The van der Waals surface area contributed by atoms with Crippen LogP contribution in [0.15, 0.2) is 51.0 Å². The molecule has 9 nitrogen and oxygen atoms in total. The van der Waals surface area contributed by atoms with Gasteiger partial charge in [0, 0.05) is 44.4 Å². The predicted molar refractivity (Wildman–Crippen MR) is 125 cm³/mol. The van der Waals surface area contributed by atoms with Gasteiger partial charge in [0.25, 0.3) is 0 Å². The number of hydrogen-bond donors (Lipinski definition) is 1. The molecule has 1 fully saturated rings. The Hall–Kier alpha value is -3.21. The summed E-state index contributed by atoms with van der Waals surface area (Å²) in [6, 6.07) is 11.2. The van der Waals surface area contributed by atoms with Crippen LogP contribution in [0.5, 0.6) is 11.5 Å². The molecule has 2 aliphatic rings. The van der Waals surface area contributed by atoms with Gasteiger partial charge in [-0.15, -0.1) is 10.2 Å². The van der Waals surface area contributed by atoms with Gasteiger partial charge in [0.15, 0.2) is 11.5 Å². The molecule has 0 amide bonds. The molecule has 172 valence electrons. The van der Waals surface area contributed by atoms with Crippen molar-refractivity contribution in [3.05, 3.63) is 53.3 Å². The van der Waals surface area contributed by atoms with E-state index in [9.17, 15) is 13.5 Å². The number of rotatable bonds is 5. The first kappa shape index (κ1) is 21.6. The van der Waals surface area contributed by atoms with Crippen LogP contribution >= 0.6 is 0 Å². The van der Waals surface area contributed by atoms with Crippen molar-refractivity contribution < 1.29 is 22.7 Å². The highest BCUT2D eigenvalue weighted by molar-refractivity contribution is 7.88. The summed E-state index contributed by atoms with van der Waals surface area (Å²) < 4.78 is 36.8. The summed E-state index contributed by atoms with van der Waals surface area (Å²) in [6.07, 6.45) is 2.92. The summed E-state index contributed by atoms with van der Waals surface area (Å²) in [5.74, 6) is 0.974. The Morgan fingerprint density at radius 1 is 1.12 bits per heavy atom. The number of nitrogens with zero attached hydrogens (tertiary/aromatic N) is 4. The quantitative estimate of drug-likeness (QED) is 0.610. The number of hydrogen-bond acceptors (Lipinski definition) is 8. The maximum absolute atomic E-state index is 11.8. The van der Waals surface area contributed by atoms with Crippen LogP contribution in [0.2, 0.25) is 0 Å². The maximum Gasteiger partial charge on any atom is 0.211 e. The number of furan rings is 1. The summed E-state index contributed by atoms with van der Waals surface area (Å²) in [5, 5.41) is 19.8. The third-order valence-electron chi connectivity index (χ3n) is 6.03. The van der Waals surface area contributed by atoms with Crippen molar-refractivity contribution in [1.29, 1.82) is 0 Å². The zero-order chi connectivity index (χ0) is 23.2. The second-order valence-corrected chi connectivity index (χ2v) is 10.1. The average molecular weight is 469 g/mol. The Morgan fingerprint density at radius 3 is 2.61 bits per heavy atom. The lowest BCUT2D eigenvalue weighted by Crippen LogP contribution is -2.47. The number of azo groups is 1.